The van der Waals surface area contributed by atoms with Gasteiger partial charge in [-0.15, -0.1) is 11.3 Å². The molecule has 0 saturated heterocycles. The third-order valence-corrected chi connectivity index (χ3v) is 4.40. The molecule has 0 radical (unpaired) electrons. The van der Waals surface area contributed by atoms with E-state index in [-0.39, 0.29) is 5.69 Å². The van der Waals surface area contributed by atoms with Crippen LogP contribution in [-0.4, -0.2) is 30.6 Å². The number of hydrogen-bond donors (Lipinski definition) is 1. The van der Waals surface area contributed by atoms with Gasteiger partial charge in [-0.1, -0.05) is 0 Å². The molecule has 0 fully saturated rings. The lowest BCUT2D eigenvalue weighted by atomic mass is 10.2. The second kappa shape index (κ2) is 8.41. The number of hydrogen-bond acceptors (Lipinski definition) is 6. The van der Waals surface area contributed by atoms with E-state index in [0.717, 1.165) is 11.3 Å². The van der Waals surface area contributed by atoms with Crippen molar-refractivity contribution in [3.8, 4) is 16.3 Å². The van der Waals surface area contributed by atoms with Gasteiger partial charge < -0.3 is 14.8 Å². The molecule has 138 valence electrons. The number of esters is 1. The Balaban J connectivity index is 1.55. The number of carbonyl (C=O) groups excluding carboxylic acids is 2. The van der Waals surface area contributed by atoms with E-state index >= 15 is 0 Å². The maximum absolute atomic E-state index is 12.8. The number of halogens is 1. The topological polar surface area (TPSA) is 77.5 Å². The molecule has 0 saturated carbocycles. The Morgan fingerprint density at radius 2 is 1.81 bits per heavy atom. The molecule has 3 aromatic rings. The standard InChI is InChI=1S/C19H15FN2O4S/c1-25-15-8-2-12(3-9-15)18-22-16(11-27-18)19(24)26-10-17(23)21-14-6-4-13(20)5-7-14/h2-9,11H,10H2,1H3,(H,21,23). The number of thiazole rings is 1. The highest BCUT2D eigenvalue weighted by atomic mass is 32.1. The average Bonchev–Trinajstić information content (AvgIpc) is 3.18. The van der Waals surface area contributed by atoms with Gasteiger partial charge in [-0.25, -0.2) is 14.2 Å². The van der Waals surface area contributed by atoms with Crippen molar-refractivity contribution in [1.29, 1.82) is 0 Å². The van der Waals surface area contributed by atoms with Gasteiger partial charge in [-0.3, -0.25) is 4.79 Å². The van der Waals surface area contributed by atoms with Crippen LogP contribution in [0.15, 0.2) is 53.9 Å². The third kappa shape index (κ3) is 4.89. The van der Waals surface area contributed by atoms with E-state index < -0.39 is 24.3 Å². The summed E-state index contributed by atoms with van der Waals surface area (Å²) in [5.41, 5.74) is 1.38. The van der Waals surface area contributed by atoms with E-state index in [1.54, 1.807) is 24.6 Å². The molecule has 0 aliphatic carbocycles. The van der Waals surface area contributed by atoms with Crippen molar-refractivity contribution in [1.82, 2.24) is 4.98 Å². The van der Waals surface area contributed by atoms with E-state index in [1.807, 2.05) is 12.1 Å². The number of nitrogens with zero attached hydrogens (tertiary/aromatic N) is 1. The molecule has 0 aliphatic heterocycles. The van der Waals surface area contributed by atoms with Crippen LogP contribution in [-0.2, 0) is 9.53 Å². The lowest BCUT2D eigenvalue weighted by molar-refractivity contribution is -0.119. The highest BCUT2D eigenvalue weighted by Crippen LogP contribution is 2.25. The predicted molar refractivity (Wildman–Crippen MR) is 99.4 cm³/mol. The van der Waals surface area contributed by atoms with Crippen molar-refractivity contribution in [2.24, 2.45) is 0 Å². The van der Waals surface area contributed by atoms with Gasteiger partial charge in [0.15, 0.2) is 12.3 Å². The first-order valence-electron chi connectivity index (χ1n) is 7.87. The molecule has 1 amide bonds. The number of methoxy groups -OCH3 is 1. The summed E-state index contributed by atoms with van der Waals surface area (Å²) in [5.74, 6) is -0.904. The van der Waals surface area contributed by atoms with Crippen LogP contribution < -0.4 is 10.1 Å². The van der Waals surface area contributed by atoms with Crippen LogP contribution in [0.5, 0.6) is 5.75 Å². The number of amides is 1. The molecule has 0 atom stereocenters. The quantitative estimate of drug-likeness (QED) is 0.653. The van der Waals surface area contributed by atoms with Gasteiger partial charge in [-0.2, -0.15) is 0 Å². The molecule has 0 bridgehead atoms. The summed E-state index contributed by atoms with van der Waals surface area (Å²) in [7, 11) is 1.58. The highest BCUT2D eigenvalue weighted by Gasteiger charge is 2.15. The normalized spacial score (nSPS) is 10.3. The molecule has 1 N–H and O–H groups in total. The van der Waals surface area contributed by atoms with Crippen LogP contribution in [0.3, 0.4) is 0 Å². The molecule has 3 rings (SSSR count). The minimum atomic E-state index is -0.694. The molecule has 2 aromatic carbocycles. The van der Waals surface area contributed by atoms with Crippen molar-refractivity contribution < 1.29 is 23.5 Å². The lowest BCUT2D eigenvalue weighted by Gasteiger charge is -2.05. The first kappa shape index (κ1) is 18.5. The van der Waals surface area contributed by atoms with Gasteiger partial charge in [0, 0.05) is 16.6 Å². The number of rotatable bonds is 6. The predicted octanol–water partition coefficient (Wildman–Crippen LogP) is 3.75. The highest BCUT2D eigenvalue weighted by molar-refractivity contribution is 7.13. The van der Waals surface area contributed by atoms with Gasteiger partial charge in [0.05, 0.1) is 7.11 Å². The number of aromatic nitrogens is 1. The largest absolute Gasteiger partial charge is 0.497 e. The van der Waals surface area contributed by atoms with Gasteiger partial charge in [0.1, 0.15) is 16.6 Å². The van der Waals surface area contributed by atoms with Crippen molar-refractivity contribution >= 4 is 28.9 Å². The summed E-state index contributed by atoms with van der Waals surface area (Å²) >= 11 is 1.29. The number of carbonyl (C=O) groups is 2. The second-order valence-electron chi connectivity index (χ2n) is 5.40. The smallest absolute Gasteiger partial charge is 0.358 e. The Morgan fingerprint density at radius 3 is 2.48 bits per heavy atom. The Kier molecular flexibility index (Phi) is 5.77. The number of ether oxygens (including phenoxy) is 2. The fourth-order valence-electron chi connectivity index (χ4n) is 2.17. The summed E-state index contributed by atoms with van der Waals surface area (Å²) in [6, 6.07) is 12.5. The van der Waals surface area contributed by atoms with Gasteiger partial charge in [-0.05, 0) is 48.5 Å². The molecule has 6 nitrogen and oxygen atoms in total. The molecule has 8 heteroatoms. The fourth-order valence-corrected chi connectivity index (χ4v) is 2.96. The Labute approximate surface area is 158 Å². The van der Waals surface area contributed by atoms with Crippen molar-refractivity contribution in [2.75, 3.05) is 19.0 Å². The van der Waals surface area contributed by atoms with E-state index in [0.29, 0.717) is 10.7 Å². The van der Waals surface area contributed by atoms with Crippen molar-refractivity contribution in [3.05, 3.63) is 65.4 Å². The first-order chi connectivity index (χ1) is 13.0. The SMILES string of the molecule is COc1ccc(-c2nc(C(=O)OCC(=O)Nc3ccc(F)cc3)cs2)cc1. The second-order valence-corrected chi connectivity index (χ2v) is 6.26. The molecular weight excluding hydrogens is 371 g/mol. The molecule has 0 spiro atoms. The Bertz CT molecular complexity index is 939. The Hall–Kier alpha value is -3.26. The van der Waals surface area contributed by atoms with Gasteiger partial charge >= 0.3 is 5.97 Å². The molecule has 27 heavy (non-hydrogen) atoms. The van der Waals surface area contributed by atoms with E-state index in [4.69, 9.17) is 9.47 Å². The number of nitrogens with one attached hydrogen (secondary N) is 1. The average molecular weight is 386 g/mol. The summed E-state index contributed by atoms with van der Waals surface area (Å²) in [6.07, 6.45) is 0. The van der Waals surface area contributed by atoms with Crippen LogP contribution in [0.4, 0.5) is 10.1 Å². The van der Waals surface area contributed by atoms with Crippen molar-refractivity contribution in [3.63, 3.8) is 0 Å². The molecule has 0 aliphatic rings. The van der Waals surface area contributed by atoms with E-state index in [9.17, 15) is 14.0 Å². The van der Waals surface area contributed by atoms with Crippen LogP contribution >= 0.6 is 11.3 Å². The number of anilines is 1. The molecule has 1 aromatic heterocycles. The van der Waals surface area contributed by atoms with Gasteiger partial charge in [0.25, 0.3) is 5.91 Å². The zero-order valence-electron chi connectivity index (χ0n) is 14.3. The van der Waals surface area contributed by atoms with E-state index in [2.05, 4.69) is 10.3 Å². The summed E-state index contributed by atoms with van der Waals surface area (Å²) < 4.78 is 22.9. The fraction of sp³-hybridized carbons (Fsp3) is 0.105. The number of benzene rings is 2. The molecule has 0 unspecified atom stereocenters. The first-order valence-corrected chi connectivity index (χ1v) is 8.75. The van der Waals surface area contributed by atoms with Crippen LogP contribution in [0, 0.1) is 5.82 Å². The maximum atomic E-state index is 12.8. The van der Waals surface area contributed by atoms with Crippen LogP contribution in [0.2, 0.25) is 0 Å². The minimum Gasteiger partial charge on any atom is -0.497 e. The summed E-state index contributed by atoms with van der Waals surface area (Å²) in [6.45, 7) is -0.467. The lowest BCUT2D eigenvalue weighted by Crippen LogP contribution is -2.21. The Morgan fingerprint density at radius 1 is 1.11 bits per heavy atom. The zero-order chi connectivity index (χ0) is 19.2. The van der Waals surface area contributed by atoms with Crippen LogP contribution in [0.25, 0.3) is 10.6 Å². The third-order valence-electron chi connectivity index (χ3n) is 3.51. The molecular formula is C19H15FN2O4S. The minimum absolute atomic E-state index is 0.125. The summed E-state index contributed by atoms with van der Waals surface area (Å²) in [5, 5.41) is 4.73. The van der Waals surface area contributed by atoms with Crippen molar-refractivity contribution in [2.45, 2.75) is 0 Å². The monoisotopic (exact) mass is 386 g/mol. The van der Waals surface area contributed by atoms with E-state index in [1.165, 1.54) is 35.6 Å². The maximum Gasteiger partial charge on any atom is 0.358 e. The summed E-state index contributed by atoms with van der Waals surface area (Å²) in [4.78, 5) is 28.1. The van der Waals surface area contributed by atoms with Gasteiger partial charge in [0.2, 0.25) is 0 Å². The van der Waals surface area contributed by atoms with Crippen LogP contribution in [0.1, 0.15) is 10.5 Å². The molecule has 1 heterocycles. The zero-order valence-corrected chi connectivity index (χ0v) is 15.1.